The summed E-state index contributed by atoms with van der Waals surface area (Å²) in [6.07, 6.45) is 5.15. The van der Waals surface area contributed by atoms with Crippen LogP contribution in [-0.2, 0) is 10.3 Å². The quantitative estimate of drug-likeness (QED) is 0.753. The Labute approximate surface area is 171 Å². The van der Waals surface area contributed by atoms with Crippen LogP contribution in [0.3, 0.4) is 0 Å². The van der Waals surface area contributed by atoms with E-state index in [0.29, 0.717) is 6.54 Å². The summed E-state index contributed by atoms with van der Waals surface area (Å²) in [7, 11) is 4.09. The zero-order valence-corrected chi connectivity index (χ0v) is 17.5. The first kappa shape index (κ1) is 22.9. The van der Waals surface area contributed by atoms with Crippen LogP contribution in [0.4, 0.5) is 0 Å². The lowest BCUT2D eigenvalue weighted by atomic mass is 9.87. The summed E-state index contributed by atoms with van der Waals surface area (Å²) in [6.45, 7) is 2.25. The van der Waals surface area contributed by atoms with Gasteiger partial charge in [0.1, 0.15) is 5.54 Å². The first-order valence-corrected chi connectivity index (χ1v) is 9.25. The minimum Gasteiger partial charge on any atom is -0.352 e. The summed E-state index contributed by atoms with van der Waals surface area (Å²) in [5, 5.41) is 15.1. The molecule has 1 aliphatic heterocycles. The molecule has 2 N–H and O–H groups in total. The van der Waals surface area contributed by atoms with E-state index in [4.69, 9.17) is 0 Å². The second kappa shape index (κ2) is 10.3. The fourth-order valence-electron chi connectivity index (χ4n) is 3.34. The number of aromatic nitrogens is 2. The molecule has 1 fully saturated rings. The lowest BCUT2D eigenvalue weighted by Gasteiger charge is -2.37. The molecule has 0 aliphatic carbocycles. The summed E-state index contributed by atoms with van der Waals surface area (Å²) < 4.78 is 1.83. The van der Waals surface area contributed by atoms with Gasteiger partial charge in [0.15, 0.2) is 0 Å². The highest BCUT2D eigenvalue weighted by Gasteiger charge is 2.42. The summed E-state index contributed by atoms with van der Waals surface area (Å²) in [6, 6.07) is 4.18. The first-order chi connectivity index (χ1) is 11.6. The largest absolute Gasteiger partial charge is 0.352 e. The third-order valence-electron chi connectivity index (χ3n) is 4.80. The monoisotopic (exact) mass is 419 g/mol. The molecule has 2 aromatic rings. The van der Waals surface area contributed by atoms with Crippen LogP contribution in [0, 0.1) is 0 Å². The molecule has 9 heteroatoms. The van der Waals surface area contributed by atoms with E-state index in [2.05, 4.69) is 37.5 Å². The number of nitrogens with one attached hydrogen (secondary N) is 2. The molecular weight excluding hydrogens is 393 g/mol. The number of likely N-dealkylation sites (N-methyl/N-ethyl adjacent to an activating group) is 1. The van der Waals surface area contributed by atoms with E-state index < -0.39 is 5.54 Å². The molecule has 1 unspecified atom stereocenters. The van der Waals surface area contributed by atoms with Crippen LogP contribution >= 0.6 is 36.2 Å². The number of hydrogen-bond donors (Lipinski definition) is 2. The molecule has 26 heavy (non-hydrogen) atoms. The average Bonchev–Trinajstić information content (AvgIpc) is 3.29. The van der Waals surface area contributed by atoms with Crippen molar-refractivity contribution in [2.45, 2.75) is 24.4 Å². The third-order valence-corrected chi connectivity index (χ3v) is 5.51. The number of piperidine rings is 1. The Morgan fingerprint density at radius 2 is 2.15 bits per heavy atom. The molecule has 0 bridgehead atoms. The zero-order valence-electron chi connectivity index (χ0n) is 15.1. The highest BCUT2D eigenvalue weighted by molar-refractivity contribution is 7.07. The summed E-state index contributed by atoms with van der Waals surface area (Å²) in [5.74, 6) is 0.0646. The van der Waals surface area contributed by atoms with Crippen LogP contribution in [0.25, 0.3) is 0 Å². The Hall–Kier alpha value is -1.12. The number of thiophene rings is 1. The van der Waals surface area contributed by atoms with E-state index >= 15 is 0 Å². The van der Waals surface area contributed by atoms with Gasteiger partial charge in [-0.1, -0.05) is 0 Å². The van der Waals surface area contributed by atoms with Crippen molar-refractivity contribution in [1.82, 2.24) is 25.3 Å². The molecule has 0 saturated carbocycles. The van der Waals surface area contributed by atoms with Crippen molar-refractivity contribution in [3.8, 4) is 0 Å². The Morgan fingerprint density at radius 3 is 2.69 bits per heavy atom. The van der Waals surface area contributed by atoms with Gasteiger partial charge < -0.3 is 15.5 Å². The van der Waals surface area contributed by atoms with E-state index in [9.17, 15) is 4.79 Å². The molecule has 0 spiro atoms. The van der Waals surface area contributed by atoms with Crippen LogP contribution in [0.1, 0.15) is 24.4 Å². The van der Waals surface area contributed by atoms with Gasteiger partial charge in [-0.2, -0.15) is 16.4 Å². The van der Waals surface area contributed by atoms with Crippen molar-refractivity contribution in [2.24, 2.45) is 0 Å². The number of nitrogens with zero attached hydrogens (tertiary/aromatic N) is 3. The fourth-order valence-corrected chi connectivity index (χ4v) is 4.05. The molecule has 146 valence electrons. The van der Waals surface area contributed by atoms with Crippen molar-refractivity contribution in [3.63, 3.8) is 0 Å². The molecule has 2 aromatic heterocycles. The molecule has 0 aromatic carbocycles. The van der Waals surface area contributed by atoms with Crippen molar-refractivity contribution in [2.75, 3.05) is 33.7 Å². The van der Waals surface area contributed by atoms with Gasteiger partial charge in [0, 0.05) is 18.9 Å². The van der Waals surface area contributed by atoms with Crippen LogP contribution in [0.5, 0.6) is 0 Å². The molecule has 1 atom stereocenters. The lowest BCUT2D eigenvalue weighted by molar-refractivity contribution is -0.132. The predicted octanol–water partition coefficient (Wildman–Crippen LogP) is 2.29. The zero-order chi connectivity index (χ0) is 17.0. The molecule has 1 saturated heterocycles. The normalized spacial score (nSPS) is 17.0. The van der Waals surface area contributed by atoms with Gasteiger partial charge in [-0.15, -0.1) is 24.8 Å². The third kappa shape index (κ3) is 4.78. The molecule has 0 radical (unpaired) electrons. The Bertz CT molecular complexity index is 642. The van der Waals surface area contributed by atoms with E-state index in [1.54, 1.807) is 17.5 Å². The van der Waals surface area contributed by atoms with Gasteiger partial charge in [-0.3, -0.25) is 9.48 Å². The van der Waals surface area contributed by atoms with Crippen LogP contribution in [0.2, 0.25) is 0 Å². The standard InChI is InChI=1S/C17H25N5OS.2ClH/c1-21(2)15(14-4-11-24-13-14)12-19-16(23)17(5-8-18-9-6-17)22-10-3-7-20-22;;/h3-4,7,10-11,13,15,18H,5-6,8-9,12H2,1-2H3,(H,19,23);2*1H. The molecular formula is C17H27Cl2N5OS. The number of amides is 1. The fraction of sp³-hybridized carbons (Fsp3) is 0.529. The van der Waals surface area contributed by atoms with E-state index in [0.717, 1.165) is 25.9 Å². The smallest absolute Gasteiger partial charge is 0.248 e. The maximum absolute atomic E-state index is 13.1. The average molecular weight is 420 g/mol. The second-order valence-electron chi connectivity index (χ2n) is 6.48. The van der Waals surface area contributed by atoms with Crippen molar-refractivity contribution in [3.05, 3.63) is 40.8 Å². The predicted molar refractivity (Wildman–Crippen MR) is 111 cm³/mol. The van der Waals surface area contributed by atoms with Gasteiger partial charge in [-0.05, 0) is 68.5 Å². The van der Waals surface area contributed by atoms with Crippen molar-refractivity contribution >= 4 is 42.1 Å². The Morgan fingerprint density at radius 1 is 1.42 bits per heavy atom. The van der Waals surface area contributed by atoms with Crippen molar-refractivity contribution in [1.29, 1.82) is 0 Å². The highest BCUT2D eigenvalue weighted by atomic mass is 35.5. The van der Waals surface area contributed by atoms with E-state index in [-0.39, 0.29) is 36.8 Å². The van der Waals surface area contributed by atoms with Crippen molar-refractivity contribution < 1.29 is 4.79 Å². The summed E-state index contributed by atoms with van der Waals surface area (Å²) in [5.41, 5.74) is 0.657. The number of hydrogen-bond acceptors (Lipinski definition) is 5. The Kier molecular flexibility index (Phi) is 9.06. The van der Waals surface area contributed by atoms with Crippen LogP contribution in [-0.4, -0.2) is 54.3 Å². The SMILES string of the molecule is CN(C)C(CNC(=O)C1(n2cccn2)CCNCC1)c1ccsc1.Cl.Cl. The van der Waals surface area contributed by atoms with Gasteiger partial charge in [0.05, 0.1) is 6.04 Å². The number of carbonyl (C=O) groups is 1. The maximum atomic E-state index is 13.1. The molecule has 3 rings (SSSR count). The maximum Gasteiger partial charge on any atom is 0.248 e. The minimum absolute atomic E-state index is 0. The summed E-state index contributed by atoms with van der Waals surface area (Å²) in [4.78, 5) is 15.2. The van der Waals surface area contributed by atoms with Gasteiger partial charge in [0.25, 0.3) is 0 Å². The topological polar surface area (TPSA) is 62.2 Å². The highest BCUT2D eigenvalue weighted by Crippen LogP contribution is 2.28. The molecule has 1 aliphatic rings. The second-order valence-corrected chi connectivity index (χ2v) is 7.26. The number of halogens is 2. The van der Waals surface area contributed by atoms with Crippen LogP contribution in [0.15, 0.2) is 35.3 Å². The Balaban J connectivity index is 0.00000169. The first-order valence-electron chi connectivity index (χ1n) is 8.31. The van der Waals surface area contributed by atoms with Gasteiger partial charge >= 0.3 is 0 Å². The van der Waals surface area contributed by atoms with Gasteiger partial charge in [-0.25, -0.2) is 0 Å². The number of rotatable bonds is 6. The van der Waals surface area contributed by atoms with Gasteiger partial charge in [0.2, 0.25) is 5.91 Å². The van der Waals surface area contributed by atoms with Crippen LogP contribution < -0.4 is 10.6 Å². The summed E-state index contributed by atoms with van der Waals surface area (Å²) >= 11 is 1.68. The molecule has 6 nitrogen and oxygen atoms in total. The van der Waals surface area contributed by atoms with E-state index in [1.165, 1.54) is 5.56 Å². The molecule has 3 heterocycles. The minimum atomic E-state index is -0.583. The lowest BCUT2D eigenvalue weighted by Crippen LogP contribution is -2.55. The number of carbonyl (C=O) groups excluding carboxylic acids is 1. The molecule has 1 amide bonds. The van der Waals surface area contributed by atoms with E-state index in [1.807, 2.05) is 31.0 Å².